The van der Waals surface area contributed by atoms with Gasteiger partial charge in [0.1, 0.15) is 0 Å². The van der Waals surface area contributed by atoms with Crippen molar-refractivity contribution in [1.29, 1.82) is 0 Å². The second-order valence-electron chi connectivity index (χ2n) is 5.17. The van der Waals surface area contributed by atoms with Crippen LogP contribution >= 0.6 is 22.9 Å². The van der Waals surface area contributed by atoms with Crippen molar-refractivity contribution in [1.82, 2.24) is 10.2 Å². The van der Waals surface area contributed by atoms with Gasteiger partial charge in [-0.1, -0.05) is 11.6 Å². The first-order valence-electron chi connectivity index (χ1n) is 6.51. The van der Waals surface area contributed by atoms with Crippen LogP contribution in [0.15, 0.2) is 11.4 Å². The Morgan fingerprint density at radius 2 is 2.35 bits per heavy atom. The molecule has 1 aromatic rings. The van der Waals surface area contributed by atoms with Gasteiger partial charge in [0.2, 0.25) is 0 Å². The Morgan fingerprint density at radius 1 is 1.41 bits per heavy atom. The number of hydrogen-bond donors (Lipinski definition) is 1. The molecule has 0 spiro atoms. The van der Waals surface area contributed by atoms with E-state index in [0.29, 0.717) is 6.04 Å². The highest BCUT2D eigenvalue weighted by molar-refractivity contribution is 7.10. The van der Waals surface area contributed by atoms with Crippen LogP contribution in [0.1, 0.15) is 30.6 Å². The lowest BCUT2D eigenvalue weighted by Crippen LogP contribution is -2.45. The van der Waals surface area contributed by atoms with Gasteiger partial charge in [0.15, 0.2) is 0 Å². The van der Waals surface area contributed by atoms with Gasteiger partial charge >= 0.3 is 0 Å². The van der Waals surface area contributed by atoms with Crippen molar-refractivity contribution in [2.45, 2.75) is 44.3 Å². The van der Waals surface area contributed by atoms with Crippen LogP contribution in [0.4, 0.5) is 0 Å². The predicted octanol–water partition coefficient (Wildman–Crippen LogP) is 3.12. The van der Waals surface area contributed by atoms with E-state index in [1.165, 1.54) is 43.6 Å². The molecule has 4 heteroatoms. The molecule has 3 rings (SSSR count). The van der Waals surface area contributed by atoms with Crippen LogP contribution in [0.2, 0.25) is 5.02 Å². The molecule has 0 radical (unpaired) electrons. The molecule has 2 unspecified atom stereocenters. The first-order chi connectivity index (χ1) is 8.31. The summed E-state index contributed by atoms with van der Waals surface area (Å²) in [4.78, 5) is 4.02. The SMILES string of the molecule is Clc1csc(CNC2CCN3CCCC3C2)c1. The quantitative estimate of drug-likeness (QED) is 0.908. The summed E-state index contributed by atoms with van der Waals surface area (Å²) in [6, 6.07) is 3.63. The summed E-state index contributed by atoms with van der Waals surface area (Å²) < 4.78 is 0. The van der Waals surface area contributed by atoms with Gasteiger partial charge in [-0.3, -0.25) is 0 Å². The minimum Gasteiger partial charge on any atom is -0.309 e. The Hall–Kier alpha value is -0.0900. The largest absolute Gasteiger partial charge is 0.309 e. The molecule has 0 amide bonds. The van der Waals surface area contributed by atoms with Crippen LogP contribution in [0, 0.1) is 0 Å². The van der Waals surface area contributed by atoms with Gasteiger partial charge in [-0.2, -0.15) is 0 Å². The van der Waals surface area contributed by atoms with Crippen molar-refractivity contribution in [2.75, 3.05) is 13.1 Å². The lowest BCUT2D eigenvalue weighted by molar-refractivity contribution is 0.166. The van der Waals surface area contributed by atoms with Crippen LogP contribution < -0.4 is 5.32 Å². The Labute approximate surface area is 112 Å². The molecule has 3 heterocycles. The predicted molar refractivity (Wildman–Crippen MR) is 73.8 cm³/mol. The zero-order valence-electron chi connectivity index (χ0n) is 9.99. The second-order valence-corrected chi connectivity index (χ2v) is 6.60. The van der Waals surface area contributed by atoms with Gasteiger partial charge in [-0.15, -0.1) is 11.3 Å². The summed E-state index contributed by atoms with van der Waals surface area (Å²) in [5.41, 5.74) is 0. The van der Waals surface area contributed by atoms with Crippen LogP contribution in [-0.4, -0.2) is 30.1 Å². The molecule has 2 saturated heterocycles. The van der Waals surface area contributed by atoms with Gasteiger partial charge in [0.05, 0.1) is 5.02 Å². The zero-order valence-corrected chi connectivity index (χ0v) is 11.6. The Morgan fingerprint density at radius 3 is 3.18 bits per heavy atom. The second kappa shape index (κ2) is 5.27. The van der Waals surface area contributed by atoms with Crippen molar-refractivity contribution in [3.63, 3.8) is 0 Å². The Kier molecular flexibility index (Phi) is 3.71. The molecule has 1 N–H and O–H groups in total. The van der Waals surface area contributed by atoms with Crippen LogP contribution in [0.3, 0.4) is 0 Å². The number of halogens is 1. The first-order valence-corrected chi connectivity index (χ1v) is 7.77. The third-order valence-corrected chi connectivity index (χ3v) is 5.29. The maximum atomic E-state index is 5.93. The summed E-state index contributed by atoms with van der Waals surface area (Å²) in [6.07, 6.45) is 5.44. The van der Waals surface area contributed by atoms with Crippen molar-refractivity contribution in [2.24, 2.45) is 0 Å². The number of nitrogens with one attached hydrogen (secondary N) is 1. The fourth-order valence-electron chi connectivity index (χ4n) is 3.10. The van der Waals surface area contributed by atoms with Crippen LogP contribution in [0.25, 0.3) is 0 Å². The molecule has 1 aromatic heterocycles. The molecule has 2 fully saturated rings. The van der Waals surface area contributed by atoms with E-state index in [4.69, 9.17) is 11.6 Å². The number of thiophene rings is 1. The molecule has 2 atom stereocenters. The molecule has 2 nitrogen and oxygen atoms in total. The zero-order chi connectivity index (χ0) is 11.7. The normalized spacial score (nSPS) is 29.5. The summed E-state index contributed by atoms with van der Waals surface area (Å²) in [5, 5.41) is 6.57. The lowest BCUT2D eigenvalue weighted by Gasteiger charge is -2.35. The van der Waals surface area contributed by atoms with E-state index in [1.807, 2.05) is 5.38 Å². The fraction of sp³-hybridized carbons (Fsp3) is 0.692. The Balaban J connectivity index is 1.49. The number of piperidine rings is 1. The highest BCUT2D eigenvalue weighted by atomic mass is 35.5. The molecule has 0 aromatic carbocycles. The van der Waals surface area contributed by atoms with E-state index >= 15 is 0 Å². The fourth-order valence-corrected chi connectivity index (χ4v) is 4.12. The molecular formula is C13H19ClN2S. The van der Waals surface area contributed by atoms with Gasteiger partial charge in [-0.25, -0.2) is 0 Å². The number of fused-ring (bicyclic) bond motifs is 1. The number of rotatable bonds is 3. The summed E-state index contributed by atoms with van der Waals surface area (Å²) in [5.74, 6) is 0. The molecule has 0 saturated carbocycles. The van der Waals surface area contributed by atoms with E-state index in [-0.39, 0.29) is 0 Å². The van der Waals surface area contributed by atoms with Crippen LogP contribution in [-0.2, 0) is 6.54 Å². The minimum absolute atomic E-state index is 0.704. The molecule has 0 bridgehead atoms. The van der Waals surface area contributed by atoms with Crippen molar-refractivity contribution in [3.8, 4) is 0 Å². The smallest absolute Gasteiger partial charge is 0.0516 e. The van der Waals surface area contributed by atoms with E-state index in [0.717, 1.165) is 17.6 Å². The first kappa shape index (κ1) is 12.0. The van der Waals surface area contributed by atoms with Crippen molar-refractivity contribution >= 4 is 22.9 Å². The van der Waals surface area contributed by atoms with E-state index < -0.39 is 0 Å². The van der Waals surface area contributed by atoms with Crippen LogP contribution in [0.5, 0.6) is 0 Å². The maximum Gasteiger partial charge on any atom is 0.0516 e. The summed E-state index contributed by atoms with van der Waals surface area (Å²) in [6.45, 7) is 3.60. The van der Waals surface area contributed by atoms with E-state index in [2.05, 4.69) is 16.3 Å². The third-order valence-electron chi connectivity index (χ3n) is 4.01. The Bertz CT molecular complexity index is 379. The average molecular weight is 271 g/mol. The van der Waals surface area contributed by atoms with E-state index in [1.54, 1.807) is 11.3 Å². The molecule has 2 aliphatic heterocycles. The highest BCUT2D eigenvalue weighted by Gasteiger charge is 2.31. The molecule has 0 aliphatic carbocycles. The number of hydrogen-bond acceptors (Lipinski definition) is 3. The monoisotopic (exact) mass is 270 g/mol. The van der Waals surface area contributed by atoms with Gasteiger partial charge in [-0.05, 0) is 44.8 Å². The maximum absolute atomic E-state index is 5.93. The standard InChI is InChI=1S/C13H19ClN2S/c14-10-6-13(17-9-10)8-15-11-3-5-16-4-1-2-12(16)7-11/h6,9,11-12,15H,1-5,7-8H2. The molecule has 17 heavy (non-hydrogen) atoms. The minimum atomic E-state index is 0.704. The average Bonchev–Trinajstić information content (AvgIpc) is 2.94. The highest BCUT2D eigenvalue weighted by Crippen LogP contribution is 2.27. The van der Waals surface area contributed by atoms with Gasteiger partial charge in [0.25, 0.3) is 0 Å². The number of nitrogens with zero attached hydrogens (tertiary/aromatic N) is 1. The topological polar surface area (TPSA) is 15.3 Å². The lowest BCUT2D eigenvalue weighted by atomic mass is 9.97. The van der Waals surface area contributed by atoms with Crippen molar-refractivity contribution < 1.29 is 0 Å². The molecule has 2 aliphatic rings. The summed E-state index contributed by atoms with van der Waals surface area (Å²) >= 11 is 7.68. The van der Waals surface area contributed by atoms with Gasteiger partial charge in [0, 0.05) is 28.9 Å². The van der Waals surface area contributed by atoms with Crippen molar-refractivity contribution in [3.05, 3.63) is 21.3 Å². The van der Waals surface area contributed by atoms with E-state index in [9.17, 15) is 0 Å². The van der Waals surface area contributed by atoms with Gasteiger partial charge < -0.3 is 10.2 Å². The third kappa shape index (κ3) is 2.84. The molecule has 94 valence electrons. The summed E-state index contributed by atoms with van der Waals surface area (Å²) in [7, 11) is 0. The molecular weight excluding hydrogens is 252 g/mol.